The molecule has 0 amide bonds. The van der Waals surface area contributed by atoms with Crippen LogP contribution in [0.3, 0.4) is 0 Å². The normalized spacial score (nSPS) is 22.2. The van der Waals surface area contributed by atoms with Gasteiger partial charge in [0.1, 0.15) is 12.5 Å². The molecule has 2 atom stereocenters. The van der Waals surface area contributed by atoms with Gasteiger partial charge < -0.3 is 10.2 Å². The lowest BCUT2D eigenvalue weighted by molar-refractivity contribution is -0.0227. The summed E-state index contributed by atoms with van der Waals surface area (Å²) in [4.78, 5) is 0. The van der Waals surface area contributed by atoms with E-state index in [1.165, 1.54) is 0 Å². The van der Waals surface area contributed by atoms with E-state index in [4.69, 9.17) is 0 Å². The fourth-order valence-electron chi connectivity index (χ4n) is 2.55. The lowest BCUT2D eigenvalue weighted by Crippen LogP contribution is -2.33. The zero-order valence-corrected chi connectivity index (χ0v) is 11.9. The Morgan fingerprint density at radius 3 is 1.86 bits per heavy atom. The Balaban J connectivity index is 1.94. The zero-order chi connectivity index (χ0) is 15.0. The highest BCUT2D eigenvalue weighted by Gasteiger charge is 2.43. The fourth-order valence-corrected chi connectivity index (χ4v) is 4.15. The molecule has 0 fully saturated rings. The Hall–Kier alpha value is -1.73. The maximum atomic E-state index is 12.5. The number of hydrogen-bond acceptors (Lipinski definition) is 4. The summed E-state index contributed by atoms with van der Waals surface area (Å²) in [5.41, 5.74) is 1.44. The molecule has 3 rings (SSSR count). The van der Waals surface area contributed by atoms with E-state index in [1.807, 2.05) is 0 Å². The monoisotopic (exact) mass is 305 g/mol. The third kappa shape index (κ3) is 2.47. The molecular weight excluding hydrogens is 290 g/mol. The molecule has 1 heterocycles. The second-order valence-corrected chi connectivity index (χ2v) is 6.82. The lowest BCUT2D eigenvalue weighted by Gasteiger charge is -2.23. The Morgan fingerprint density at radius 2 is 1.33 bits per heavy atom. The first-order chi connectivity index (χ1) is 10.0. The highest BCUT2D eigenvalue weighted by molar-refractivity contribution is 7.88. The van der Waals surface area contributed by atoms with Gasteiger partial charge in [-0.2, -0.15) is 0 Å². The van der Waals surface area contributed by atoms with Gasteiger partial charge >= 0.3 is 0 Å². The molecule has 0 radical (unpaired) electrons. The standard InChI is InChI=1S/C15H15NO4S/c17-14-12-8-4-5-9-13(12)15(18)16(14)21(19,20)10-11-6-2-1-3-7-11/h1-9,14-15,17-18H,10H2. The summed E-state index contributed by atoms with van der Waals surface area (Å²) in [7, 11) is -3.85. The minimum atomic E-state index is -3.85. The van der Waals surface area contributed by atoms with Crippen LogP contribution in [0.4, 0.5) is 0 Å². The maximum Gasteiger partial charge on any atom is 0.223 e. The highest BCUT2D eigenvalue weighted by atomic mass is 32.2. The second kappa shape index (κ2) is 5.23. The zero-order valence-electron chi connectivity index (χ0n) is 11.1. The molecular formula is C15H15NO4S. The van der Waals surface area contributed by atoms with Gasteiger partial charge in [-0.3, -0.25) is 0 Å². The van der Waals surface area contributed by atoms with Crippen molar-refractivity contribution in [3.63, 3.8) is 0 Å². The minimum Gasteiger partial charge on any atom is -0.373 e. The van der Waals surface area contributed by atoms with Crippen LogP contribution in [-0.2, 0) is 15.8 Å². The third-order valence-corrected chi connectivity index (χ3v) is 5.29. The van der Waals surface area contributed by atoms with Crippen LogP contribution in [0.25, 0.3) is 0 Å². The Morgan fingerprint density at radius 1 is 0.857 bits per heavy atom. The predicted octanol–water partition coefficient (Wildman–Crippen LogP) is 1.51. The highest BCUT2D eigenvalue weighted by Crippen LogP contribution is 2.41. The summed E-state index contributed by atoms with van der Waals surface area (Å²) in [6.45, 7) is 0. The van der Waals surface area contributed by atoms with Crippen molar-refractivity contribution in [3.8, 4) is 0 Å². The van der Waals surface area contributed by atoms with Gasteiger partial charge in [0.05, 0.1) is 5.75 Å². The number of nitrogens with zero attached hydrogens (tertiary/aromatic N) is 1. The van der Waals surface area contributed by atoms with Crippen molar-refractivity contribution in [1.29, 1.82) is 0 Å². The van der Waals surface area contributed by atoms with Gasteiger partial charge in [-0.25, -0.2) is 8.42 Å². The van der Waals surface area contributed by atoms with Crippen molar-refractivity contribution in [3.05, 3.63) is 71.3 Å². The van der Waals surface area contributed by atoms with Gasteiger partial charge in [0.15, 0.2) is 0 Å². The third-order valence-electron chi connectivity index (χ3n) is 3.55. The predicted molar refractivity (Wildman–Crippen MR) is 77.3 cm³/mol. The minimum absolute atomic E-state index is 0.268. The van der Waals surface area contributed by atoms with Crippen molar-refractivity contribution in [2.45, 2.75) is 18.2 Å². The van der Waals surface area contributed by atoms with Gasteiger partial charge in [0.2, 0.25) is 10.0 Å². The molecule has 21 heavy (non-hydrogen) atoms. The Labute approximate surface area is 123 Å². The van der Waals surface area contributed by atoms with E-state index >= 15 is 0 Å². The van der Waals surface area contributed by atoms with Crippen LogP contribution in [-0.4, -0.2) is 22.9 Å². The molecule has 5 nitrogen and oxygen atoms in total. The molecule has 1 aliphatic rings. The molecule has 2 unspecified atom stereocenters. The molecule has 0 bridgehead atoms. The molecule has 110 valence electrons. The maximum absolute atomic E-state index is 12.5. The van der Waals surface area contributed by atoms with Crippen molar-refractivity contribution in [2.75, 3.05) is 0 Å². The van der Waals surface area contributed by atoms with E-state index in [-0.39, 0.29) is 5.75 Å². The second-order valence-electron chi connectivity index (χ2n) is 4.95. The van der Waals surface area contributed by atoms with E-state index < -0.39 is 22.5 Å². The van der Waals surface area contributed by atoms with E-state index in [2.05, 4.69) is 0 Å². The summed E-state index contributed by atoms with van der Waals surface area (Å²) in [5, 5.41) is 20.4. The molecule has 0 saturated carbocycles. The molecule has 0 saturated heterocycles. The first kappa shape index (κ1) is 14.2. The Kier molecular flexibility index (Phi) is 3.54. The van der Waals surface area contributed by atoms with Crippen molar-refractivity contribution >= 4 is 10.0 Å². The fraction of sp³-hybridized carbons (Fsp3) is 0.200. The summed E-state index contributed by atoms with van der Waals surface area (Å²) in [6, 6.07) is 15.3. The van der Waals surface area contributed by atoms with Crippen molar-refractivity contribution in [1.82, 2.24) is 4.31 Å². The summed E-state index contributed by atoms with van der Waals surface area (Å²) in [6.07, 6.45) is -2.71. The summed E-state index contributed by atoms with van der Waals surface area (Å²) < 4.78 is 25.7. The summed E-state index contributed by atoms with van der Waals surface area (Å²) in [5.74, 6) is -0.268. The number of rotatable bonds is 3. The largest absolute Gasteiger partial charge is 0.373 e. The number of hydrogen-bond donors (Lipinski definition) is 2. The molecule has 0 aromatic heterocycles. The number of aliphatic hydroxyl groups excluding tert-OH is 2. The van der Waals surface area contributed by atoms with Gasteiger partial charge in [0.25, 0.3) is 0 Å². The Bertz CT molecular complexity index is 716. The molecule has 0 aliphatic carbocycles. The lowest BCUT2D eigenvalue weighted by atomic mass is 10.1. The SMILES string of the molecule is O=S(=O)(Cc1ccccc1)N1C(O)c2ccccc2C1O. The average molecular weight is 305 g/mol. The molecule has 2 aromatic rings. The molecule has 1 aliphatic heterocycles. The van der Waals surface area contributed by atoms with Crippen LogP contribution in [0.5, 0.6) is 0 Å². The molecule has 2 aromatic carbocycles. The number of sulfonamides is 1. The first-order valence-electron chi connectivity index (χ1n) is 6.51. The van der Waals surface area contributed by atoms with Crippen LogP contribution < -0.4 is 0 Å². The van der Waals surface area contributed by atoms with Crippen LogP contribution in [0.2, 0.25) is 0 Å². The van der Waals surface area contributed by atoms with Crippen LogP contribution in [0, 0.1) is 0 Å². The van der Waals surface area contributed by atoms with E-state index in [0.717, 1.165) is 4.31 Å². The van der Waals surface area contributed by atoms with Gasteiger partial charge in [-0.05, 0) is 5.56 Å². The molecule has 2 N–H and O–H groups in total. The van der Waals surface area contributed by atoms with E-state index in [1.54, 1.807) is 54.6 Å². The molecule has 0 spiro atoms. The number of fused-ring (bicyclic) bond motifs is 1. The van der Waals surface area contributed by atoms with Crippen molar-refractivity contribution < 1.29 is 18.6 Å². The first-order valence-corrected chi connectivity index (χ1v) is 8.12. The van der Waals surface area contributed by atoms with Gasteiger partial charge in [0, 0.05) is 11.1 Å². The average Bonchev–Trinajstić information content (AvgIpc) is 2.72. The number of benzene rings is 2. The molecule has 6 heteroatoms. The number of aliphatic hydroxyl groups is 2. The van der Waals surface area contributed by atoms with Gasteiger partial charge in [-0.1, -0.05) is 54.6 Å². The van der Waals surface area contributed by atoms with E-state index in [9.17, 15) is 18.6 Å². The van der Waals surface area contributed by atoms with Crippen molar-refractivity contribution in [2.24, 2.45) is 0 Å². The quantitative estimate of drug-likeness (QED) is 0.901. The van der Waals surface area contributed by atoms with Crippen LogP contribution in [0.15, 0.2) is 54.6 Å². The van der Waals surface area contributed by atoms with Crippen LogP contribution in [0.1, 0.15) is 29.1 Å². The van der Waals surface area contributed by atoms with Gasteiger partial charge in [-0.15, -0.1) is 4.31 Å². The van der Waals surface area contributed by atoms with Crippen LogP contribution >= 0.6 is 0 Å². The topological polar surface area (TPSA) is 77.8 Å². The smallest absolute Gasteiger partial charge is 0.223 e. The van der Waals surface area contributed by atoms with E-state index in [0.29, 0.717) is 16.7 Å². The summed E-state index contributed by atoms with van der Waals surface area (Å²) >= 11 is 0.